The molecule has 0 aliphatic heterocycles. The number of anilines is 2. The molecular formula is C14H19FN4S. The van der Waals surface area contributed by atoms with Crippen molar-refractivity contribution in [2.75, 3.05) is 17.2 Å². The first-order valence-electron chi connectivity index (χ1n) is 6.66. The summed E-state index contributed by atoms with van der Waals surface area (Å²) in [5, 5.41) is 6.08. The molecule has 0 spiro atoms. The Hall–Kier alpha value is -1.69. The van der Waals surface area contributed by atoms with E-state index < -0.39 is 5.82 Å². The van der Waals surface area contributed by atoms with E-state index >= 15 is 0 Å². The van der Waals surface area contributed by atoms with Gasteiger partial charge in [0, 0.05) is 16.3 Å². The number of aryl methyl sites for hydroxylation is 2. The van der Waals surface area contributed by atoms with Gasteiger partial charge in [0.25, 0.3) is 0 Å². The van der Waals surface area contributed by atoms with Crippen molar-refractivity contribution in [1.29, 1.82) is 0 Å². The minimum atomic E-state index is -0.433. The fourth-order valence-electron chi connectivity index (χ4n) is 1.72. The lowest BCUT2D eigenvalue weighted by molar-refractivity contribution is 0.617. The van der Waals surface area contributed by atoms with Crippen molar-refractivity contribution < 1.29 is 4.39 Å². The molecule has 0 atom stereocenters. The number of hydrogen-bond acceptors (Lipinski definition) is 5. The normalized spacial score (nSPS) is 10.6. The van der Waals surface area contributed by atoms with Crippen molar-refractivity contribution in [2.24, 2.45) is 0 Å². The van der Waals surface area contributed by atoms with Gasteiger partial charge in [-0.1, -0.05) is 6.92 Å². The van der Waals surface area contributed by atoms with E-state index in [2.05, 4.69) is 47.4 Å². The summed E-state index contributed by atoms with van der Waals surface area (Å²) < 4.78 is 13.7. The van der Waals surface area contributed by atoms with Gasteiger partial charge < -0.3 is 10.6 Å². The lowest BCUT2D eigenvalue weighted by Gasteiger charge is -2.08. The van der Waals surface area contributed by atoms with Crippen molar-refractivity contribution in [3.63, 3.8) is 0 Å². The van der Waals surface area contributed by atoms with E-state index in [0.717, 1.165) is 13.0 Å². The van der Waals surface area contributed by atoms with E-state index in [1.165, 1.54) is 21.5 Å². The van der Waals surface area contributed by atoms with E-state index in [4.69, 9.17) is 0 Å². The number of nitrogens with one attached hydrogen (secondary N) is 2. The molecule has 0 aliphatic rings. The van der Waals surface area contributed by atoms with Crippen LogP contribution in [0.1, 0.15) is 28.7 Å². The molecule has 0 amide bonds. The molecule has 0 bridgehead atoms. The smallest absolute Gasteiger partial charge is 0.224 e. The first-order valence-corrected chi connectivity index (χ1v) is 7.48. The van der Waals surface area contributed by atoms with E-state index in [1.807, 2.05) is 0 Å². The second-order valence-electron chi connectivity index (χ2n) is 4.62. The number of nitrogens with zero attached hydrogens (tertiary/aromatic N) is 2. The molecule has 6 heteroatoms. The van der Waals surface area contributed by atoms with Crippen LogP contribution in [0.15, 0.2) is 12.3 Å². The van der Waals surface area contributed by atoms with Crippen LogP contribution in [0.2, 0.25) is 0 Å². The van der Waals surface area contributed by atoms with Crippen LogP contribution in [0.5, 0.6) is 0 Å². The molecule has 0 fully saturated rings. The van der Waals surface area contributed by atoms with E-state index in [1.54, 1.807) is 11.3 Å². The van der Waals surface area contributed by atoms with Crippen LogP contribution < -0.4 is 10.6 Å². The van der Waals surface area contributed by atoms with Gasteiger partial charge in [0.2, 0.25) is 5.95 Å². The lowest BCUT2D eigenvalue weighted by atomic mass is 10.3. The SMILES string of the molecule is CCCNc1ncc(F)c(NCc2cc(C)c(C)s2)n1. The number of rotatable bonds is 6. The van der Waals surface area contributed by atoms with Gasteiger partial charge in [-0.25, -0.2) is 9.37 Å². The van der Waals surface area contributed by atoms with Gasteiger partial charge in [0.15, 0.2) is 11.6 Å². The maximum absolute atomic E-state index is 13.7. The predicted octanol–water partition coefficient (Wildman–Crippen LogP) is 3.73. The molecule has 4 nitrogen and oxygen atoms in total. The summed E-state index contributed by atoms with van der Waals surface area (Å²) in [7, 11) is 0. The standard InChI is InChI=1S/C14H19FN4S/c1-4-5-16-14-18-8-12(15)13(19-14)17-7-11-6-9(2)10(3)20-11/h6,8H,4-5,7H2,1-3H3,(H2,16,17,18,19). The zero-order valence-corrected chi connectivity index (χ0v) is 12.8. The molecule has 20 heavy (non-hydrogen) atoms. The van der Waals surface area contributed by atoms with Crippen LogP contribution in [-0.4, -0.2) is 16.5 Å². The van der Waals surface area contributed by atoms with Gasteiger partial charge in [-0.3, -0.25) is 0 Å². The summed E-state index contributed by atoms with van der Waals surface area (Å²) in [5.41, 5.74) is 1.26. The average Bonchev–Trinajstić information content (AvgIpc) is 2.75. The fraction of sp³-hybridized carbons (Fsp3) is 0.429. The molecule has 0 aliphatic carbocycles. The summed E-state index contributed by atoms with van der Waals surface area (Å²) in [5.74, 6) is 0.258. The summed E-state index contributed by atoms with van der Waals surface area (Å²) in [4.78, 5) is 10.5. The van der Waals surface area contributed by atoms with Crippen molar-refractivity contribution >= 4 is 23.1 Å². The molecule has 0 aromatic carbocycles. The van der Waals surface area contributed by atoms with Crippen LogP contribution in [0.25, 0.3) is 0 Å². The Labute approximate surface area is 122 Å². The maximum atomic E-state index is 13.7. The van der Waals surface area contributed by atoms with Crippen LogP contribution in [-0.2, 0) is 6.54 Å². The number of aromatic nitrogens is 2. The second-order valence-corrected chi connectivity index (χ2v) is 5.96. The summed E-state index contributed by atoms with van der Waals surface area (Å²) in [6, 6.07) is 2.11. The van der Waals surface area contributed by atoms with Crippen LogP contribution >= 0.6 is 11.3 Å². The third kappa shape index (κ3) is 3.66. The molecule has 2 heterocycles. The fourth-order valence-corrected chi connectivity index (χ4v) is 2.71. The molecule has 2 rings (SSSR count). The number of halogens is 1. The quantitative estimate of drug-likeness (QED) is 0.852. The largest absolute Gasteiger partial charge is 0.363 e. The highest BCUT2D eigenvalue weighted by Gasteiger charge is 2.08. The Morgan fingerprint density at radius 3 is 2.75 bits per heavy atom. The van der Waals surface area contributed by atoms with Gasteiger partial charge in [0.05, 0.1) is 12.7 Å². The minimum absolute atomic E-state index is 0.238. The number of hydrogen-bond donors (Lipinski definition) is 2. The van der Waals surface area contributed by atoms with Crippen molar-refractivity contribution in [1.82, 2.24) is 9.97 Å². The third-order valence-electron chi connectivity index (χ3n) is 2.92. The van der Waals surface area contributed by atoms with Gasteiger partial charge in [0.1, 0.15) is 0 Å². The topological polar surface area (TPSA) is 49.8 Å². The third-order valence-corrected chi connectivity index (χ3v) is 4.08. The average molecular weight is 294 g/mol. The Morgan fingerprint density at radius 1 is 1.30 bits per heavy atom. The van der Waals surface area contributed by atoms with Crippen LogP contribution in [0, 0.1) is 19.7 Å². The first kappa shape index (κ1) is 14.7. The molecule has 0 saturated carbocycles. The van der Waals surface area contributed by atoms with Crippen LogP contribution in [0.4, 0.5) is 16.2 Å². The highest BCUT2D eigenvalue weighted by Crippen LogP contribution is 2.22. The predicted molar refractivity (Wildman–Crippen MR) is 81.9 cm³/mol. The van der Waals surface area contributed by atoms with Crippen molar-refractivity contribution in [3.05, 3.63) is 33.4 Å². The van der Waals surface area contributed by atoms with Gasteiger partial charge in [-0.05, 0) is 31.9 Å². The van der Waals surface area contributed by atoms with Crippen molar-refractivity contribution in [2.45, 2.75) is 33.7 Å². The Morgan fingerprint density at radius 2 is 2.10 bits per heavy atom. The zero-order valence-electron chi connectivity index (χ0n) is 12.0. The zero-order chi connectivity index (χ0) is 14.5. The van der Waals surface area contributed by atoms with Gasteiger partial charge in [-0.2, -0.15) is 4.98 Å². The Bertz CT molecular complexity index is 563. The summed E-state index contributed by atoms with van der Waals surface area (Å²) in [6.45, 7) is 7.56. The number of thiophene rings is 1. The monoisotopic (exact) mass is 294 g/mol. The second kappa shape index (κ2) is 6.65. The van der Waals surface area contributed by atoms with E-state index in [0.29, 0.717) is 12.5 Å². The lowest BCUT2D eigenvalue weighted by Crippen LogP contribution is -2.08. The molecule has 2 N–H and O–H groups in total. The molecule has 2 aromatic rings. The Kier molecular flexibility index (Phi) is 4.89. The molecular weight excluding hydrogens is 275 g/mol. The van der Waals surface area contributed by atoms with Gasteiger partial charge in [-0.15, -0.1) is 11.3 Å². The summed E-state index contributed by atoms with van der Waals surface area (Å²) >= 11 is 1.71. The molecule has 108 valence electrons. The molecule has 0 unspecified atom stereocenters. The Balaban J connectivity index is 2.04. The van der Waals surface area contributed by atoms with E-state index in [-0.39, 0.29) is 5.82 Å². The molecule has 0 radical (unpaired) electrons. The van der Waals surface area contributed by atoms with Crippen molar-refractivity contribution in [3.8, 4) is 0 Å². The molecule has 2 aromatic heterocycles. The highest BCUT2D eigenvalue weighted by molar-refractivity contribution is 7.12. The van der Waals surface area contributed by atoms with Gasteiger partial charge >= 0.3 is 0 Å². The molecule has 0 saturated heterocycles. The first-order chi connectivity index (χ1) is 9.60. The maximum Gasteiger partial charge on any atom is 0.224 e. The van der Waals surface area contributed by atoms with Crippen LogP contribution in [0.3, 0.4) is 0 Å². The summed E-state index contributed by atoms with van der Waals surface area (Å²) in [6.07, 6.45) is 2.16. The van der Waals surface area contributed by atoms with E-state index in [9.17, 15) is 4.39 Å². The highest BCUT2D eigenvalue weighted by atomic mass is 32.1. The minimum Gasteiger partial charge on any atom is -0.363 e.